The quantitative estimate of drug-likeness (QED) is 0.886. The Morgan fingerprint density at radius 2 is 2.32 bits per heavy atom. The van der Waals surface area contributed by atoms with E-state index in [0.29, 0.717) is 5.56 Å². The lowest BCUT2D eigenvalue weighted by Gasteiger charge is -2.27. The third-order valence-corrected chi connectivity index (χ3v) is 3.40. The van der Waals surface area contributed by atoms with Gasteiger partial charge in [-0.05, 0) is 32.4 Å². The Hall–Kier alpha value is -1.57. The third-order valence-electron chi connectivity index (χ3n) is 3.40. The zero-order chi connectivity index (χ0) is 13.8. The molecule has 2 atom stereocenters. The summed E-state index contributed by atoms with van der Waals surface area (Å²) < 4.78 is 5.64. The van der Waals surface area contributed by atoms with Crippen LogP contribution in [-0.2, 0) is 4.74 Å². The van der Waals surface area contributed by atoms with Gasteiger partial charge in [-0.2, -0.15) is 5.26 Å². The van der Waals surface area contributed by atoms with Crippen molar-refractivity contribution in [2.24, 2.45) is 0 Å². The second kappa shape index (κ2) is 6.05. The van der Waals surface area contributed by atoms with Gasteiger partial charge in [0.25, 0.3) is 0 Å². The van der Waals surface area contributed by atoms with Gasteiger partial charge in [0.1, 0.15) is 0 Å². The minimum atomic E-state index is -0.540. The van der Waals surface area contributed by atoms with Crippen molar-refractivity contribution in [1.29, 1.82) is 5.26 Å². The first-order valence-electron chi connectivity index (χ1n) is 6.70. The number of nitriles is 1. The van der Waals surface area contributed by atoms with E-state index < -0.39 is 6.10 Å². The summed E-state index contributed by atoms with van der Waals surface area (Å²) in [7, 11) is 0. The van der Waals surface area contributed by atoms with Crippen molar-refractivity contribution in [1.82, 2.24) is 0 Å². The first-order valence-corrected chi connectivity index (χ1v) is 6.70. The smallest absolute Gasteiger partial charge is 0.0992 e. The molecule has 0 aromatic heterocycles. The number of hydrogen-bond donors (Lipinski definition) is 1. The lowest BCUT2D eigenvalue weighted by atomic mass is 10.0. The monoisotopic (exact) mass is 260 g/mol. The molecule has 4 heteroatoms. The van der Waals surface area contributed by atoms with Crippen molar-refractivity contribution >= 4 is 5.69 Å². The Kier molecular flexibility index (Phi) is 4.41. The van der Waals surface area contributed by atoms with E-state index in [9.17, 15) is 5.11 Å². The first-order chi connectivity index (χ1) is 9.11. The van der Waals surface area contributed by atoms with Crippen molar-refractivity contribution in [3.8, 4) is 6.07 Å². The fourth-order valence-corrected chi connectivity index (χ4v) is 2.45. The molecule has 1 aliphatic heterocycles. The number of hydrogen-bond acceptors (Lipinski definition) is 4. The summed E-state index contributed by atoms with van der Waals surface area (Å²) in [6, 6.07) is 7.62. The number of benzene rings is 1. The zero-order valence-corrected chi connectivity index (χ0v) is 11.5. The van der Waals surface area contributed by atoms with Crippen LogP contribution in [0.5, 0.6) is 0 Å². The average molecular weight is 260 g/mol. The third kappa shape index (κ3) is 3.25. The molecule has 1 fully saturated rings. The van der Waals surface area contributed by atoms with E-state index in [1.807, 2.05) is 12.1 Å². The summed E-state index contributed by atoms with van der Waals surface area (Å²) in [6.07, 6.45) is 0.581. The van der Waals surface area contributed by atoms with Crippen molar-refractivity contribution in [3.63, 3.8) is 0 Å². The molecule has 1 aliphatic rings. The van der Waals surface area contributed by atoms with Gasteiger partial charge in [0.05, 0.1) is 23.8 Å². The molecule has 0 aliphatic carbocycles. The second-order valence-corrected chi connectivity index (χ2v) is 5.04. The number of anilines is 1. The summed E-state index contributed by atoms with van der Waals surface area (Å²) in [6.45, 7) is 6.24. The lowest BCUT2D eigenvalue weighted by molar-refractivity contribution is 0.0820. The predicted molar refractivity (Wildman–Crippen MR) is 74.0 cm³/mol. The van der Waals surface area contributed by atoms with E-state index in [4.69, 9.17) is 10.00 Å². The van der Waals surface area contributed by atoms with Gasteiger partial charge in [0, 0.05) is 30.9 Å². The summed E-state index contributed by atoms with van der Waals surface area (Å²) in [5, 5.41) is 18.9. The van der Waals surface area contributed by atoms with E-state index in [-0.39, 0.29) is 6.10 Å². The molecule has 1 unspecified atom stereocenters. The number of nitrogens with zero attached hydrogens (tertiary/aromatic N) is 2. The lowest BCUT2D eigenvalue weighted by Crippen LogP contribution is -2.31. The van der Waals surface area contributed by atoms with Crippen LogP contribution in [-0.4, -0.2) is 30.9 Å². The van der Waals surface area contributed by atoms with Gasteiger partial charge in [-0.25, -0.2) is 0 Å². The van der Waals surface area contributed by atoms with Gasteiger partial charge >= 0.3 is 0 Å². The SMILES string of the molecule is CC1CN(c2cc(C#N)ccc2[C@H](C)O)CCCO1. The normalized spacial score (nSPS) is 21.6. The van der Waals surface area contributed by atoms with Crippen LogP contribution in [0.3, 0.4) is 0 Å². The fourth-order valence-electron chi connectivity index (χ4n) is 2.45. The van der Waals surface area contributed by atoms with E-state index in [1.54, 1.807) is 13.0 Å². The van der Waals surface area contributed by atoms with Crippen LogP contribution in [0.2, 0.25) is 0 Å². The molecule has 0 radical (unpaired) electrons. The van der Waals surface area contributed by atoms with Crippen LogP contribution in [0.25, 0.3) is 0 Å². The number of aliphatic hydroxyl groups is 1. The van der Waals surface area contributed by atoms with E-state index in [1.165, 1.54) is 0 Å². The van der Waals surface area contributed by atoms with Crippen LogP contribution < -0.4 is 4.90 Å². The van der Waals surface area contributed by atoms with Crippen LogP contribution in [0.4, 0.5) is 5.69 Å². The van der Waals surface area contributed by atoms with Gasteiger partial charge in [0.15, 0.2) is 0 Å². The molecule has 0 amide bonds. The Bertz CT molecular complexity index is 480. The van der Waals surface area contributed by atoms with E-state index >= 15 is 0 Å². The predicted octanol–water partition coefficient (Wildman–Crippen LogP) is 2.23. The van der Waals surface area contributed by atoms with Crippen LogP contribution in [0, 0.1) is 11.3 Å². The minimum Gasteiger partial charge on any atom is -0.389 e. The number of ether oxygens (including phenoxy) is 1. The largest absolute Gasteiger partial charge is 0.389 e. The molecule has 1 aromatic carbocycles. The van der Waals surface area contributed by atoms with Crippen molar-refractivity contribution in [3.05, 3.63) is 29.3 Å². The van der Waals surface area contributed by atoms with Gasteiger partial charge < -0.3 is 14.7 Å². The molecule has 4 nitrogen and oxygen atoms in total. The Morgan fingerprint density at radius 3 is 3.00 bits per heavy atom. The molecule has 1 aromatic rings. The summed E-state index contributed by atoms with van der Waals surface area (Å²) in [5.41, 5.74) is 2.44. The van der Waals surface area contributed by atoms with E-state index in [0.717, 1.165) is 37.4 Å². The van der Waals surface area contributed by atoms with Crippen LogP contribution in [0.15, 0.2) is 18.2 Å². The molecular formula is C15H20N2O2. The Balaban J connectivity index is 2.37. The Morgan fingerprint density at radius 1 is 1.53 bits per heavy atom. The maximum atomic E-state index is 9.89. The van der Waals surface area contributed by atoms with Gasteiger partial charge in [0.2, 0.25) is 0 Å². The molecule has 0 bridgehead atoms. The molecule has 0 saturated carbocycles. The maximum absolute atomic E-state index is 9.89. The highest BCUT2D eigenvalue weighted by molar-refractivity contribution is 5.58. The van der Waals surface area contributed by atoms with E-state index in [2.05, 4.69) is 17.9 Å². The maximum Gasteiger partial charge on any atom is 0.0992 e. The van der Waals surface area contributed by atoms with Gasteiger partial charge in [-0.1, -0.05) is 6.07 Å². The summed E-state index contributed by atoms with van der Waals surface area (Å²) in [4.78, 5) is 2.21. The molecular weight excluding hydrogens is 240 g/mol. The van der Waals surface area contributed by atoms with Crippen LogP contribution >= 0.6 is 0 Å². The number of rotatable bonds is 2. The van der Waals surface area contributed by atoms with Crippen LogP contribution in [0.1, 0.15) is 37.5 Å². The molecule has 1 heterocycles. The highest BCUT2D eigenvalue weighted by Crippen LogP contribution is 2.29. The molecule has 1 N–H and O–H groups in total. The molecule has 1 saturated heterocycles. The standard InChI is InChI=1S/C15H20N2O2/c1-11-10-17(6-3-7-19-11)15-8-13(9-16)4-5-14(15)12(2)18/h4-5,8,11-12,18H,3,6-7,10H2,1-2H3/t11?,12-/m0/s1. The van der Waals surface area contributed by atoms with Gasteiger partial charge in [-0.3, -0.25) is 0 Å². The molecule has 19 heavy (non-hydrogen) atoms. The zero-order valence-electron chi connectivity index (χ0n) is 11.5. The number of aliphatic hydroxyl groups excluding tert-OH is 1. The average Bonchev–Trinajstić information content (AvgIpc) is 2.62. The summed E-state index contributed by atoms with van der Waals surface area (Å²) in [5.74, 6) is 0. The fraction of sp³-hybridized carbons (Fsp3) is 0.533. The molecule has 102 valence electrons. The highest BCUT2D eigenvalue weighted by atomic mass is 16.5. The highest BCUT2D eigenvalue weighted by Gasteiger charge is 2.19. The topological polar surface area (TPSA) is 56.5 Å². The van der Waals surface area contributed by atoms with Crippen molar-refractivity contribution < 1.29 is 9.84 Å². The summed E-state index contributed by atoms with van der Waals surface area (Å²) >= 11 is 0. The Labute approximate surface area is 114 Å². The molecule has 0 spiro atoms. The molecule has 2 rings (SSSR count). The van der Waals surface area contributed by atoms with Gasteiger partial charge in [-0.15, -0.1) is 0 Å². The second-order valence-electron chi connectivity index (χ2n) is 5.04. The minimum absolute atomic E-state index is 0.162. The first kappa shape index (κ1) is 13.9. The van der Waals surface area contributed by atoms with Crippen molar-refractivity contribution in [2.45, 2.75) is 32.5 Å². The van der Waals surface area contributed by atoms with Crippen molar-refractivity contribution in [2.75, 3.05) is 24.6 Å².